The van der Waals surface area contributed by atoms with Gasteiger partial charge in [-0.15, -0.1) is 0 Å². The number of halogens is 4. The number of aryl methyl sites for hydroxylation is 2. The molecular formula is C26H22ClF3N2O4. The fourth-order valence-electron chi connectivity index (χ4n) is 3.97. The highest BCUT2D eigenvalue weighted by Gasteiger charge is 2.59. The molecule has 1 heterocycles. The number of nitriles is 1. The van der Waals surface area contributed by atoms with Crippen LogP contribution in [0.25, 0.3) is 0 Å². The van der Waals surface area contributed by atoms with Gasteiger partial charge in [-0.25, -0.2) is 9.78 Å². The monoisotopic (exact) mass is 518 g/mol. The van der Waals surface area contributed by atoms with Gasteiger partial charge in [0, 0.05) is 23.2 Å². The molecule has 0 bridgehead atoms. The molecule has 188 valence electrons. The van der Waals surface area contributed by atoms with Crippen molar-refractivity contribution in [3.63, 3.8) is 0 Å². The van der Waals surface area contributed by atoms with Crippen LogP contribution in [0.15, 0.2) is 48.7 Å². The summed E-state index contributed by atoms with van der Waals surface area (Å²) in [5, 5.41) is 20.3. The quantitative estimate of drug-likeness (QED) is 0.382. The van der Waals surface area contributed by atoms with Gasteiger partial charge >= 0.3 is 12.1 Å². The van der Waals surface area contributed by atoms with E-state index in [1.54, 1.807) is 0 Å². The number of hydrogen-bond donors (Lipinski definition) is 1. The SMILES string of the molecule is COC(=O)c1ccc(Oc2ccc([C@H](C)[C@](O)(c3cc(C)c(C#N)c(C)c3)C(F)(F)F)c(Cl)c2)nc1. The number of alkyl halides is 3. The van der Waals surface area contributed by atoms with Crippen molar-refractivity contribution in [3.05, 3.63) is 87.1 Å². The molecule has 0 fully saturated rings. The van der Waals surface area contributed by atoms with Gasteiger partial charge < -0.3 is 14.6 Å². The highest BCUT2D eigenvalue weighted by molar-refractivity contribution is 6.31. The molecular weight excluding hydrogens is 497 g/mol. The van der Waals surface area contributed by atoms with Crippen LogP contribution in [0.4, 0.5) is 13.2 Å². The number of carbonyl (C=O) groups is 1. The molecule has 0 unspecified atom stereocenters. The van der Waals surface area contributed by atoms with Gasteiger partial charge in [0.05, 0.1) is 24.3 Å². The summed E-state index contributed by atoms with van der Waals surface area (Å²) in [6, 6.07) is 11.2. The summed E-state index contributed by atoms with van der Waals surface area (Å²) in [5.41, 5.74) is -2.52. The zero-order valence-electron chi connectivity index (χ0n) is 19.8. The number of methoxy groups -OCH3 is 1. The van der Waals surface area contributed by atoms with Crippen LogP contribution in [0, 0.1) is 25.2 Å². The van der Waals surface area contributed by atoms with Crippen molar-refractivity contribution in [2.75, 3.05) is 7.11 Å². The van der Waals surface area contributed by atoms with Crippen LogP contribution in [-0.2, 0) is 10.3 Å². The number of aromatic nitrogens is 1. The van der Waals surface area contributed by atoms with E-state index >= 15 is 0 Å². The average molecular weight is 519 g/mol. The van der Waals surface area contributed by atoms with Gasteiger partial charge in [-0.1, -0.05) is 36.7 Å². The molecule has 0 spiro atoms. The molecule has 6 nitrogen and oxygen atoms in total. The van der Waals surface area contributed by atoms with E-state index in [-0.39, 0.29) is 38.9 Å². The number of ether oxygens (including phenoxy) is 2. The summed E-state index contributed by atoms with van der Waals surface area (Å²) < 4.78 is 53.3. The standard InChI is InChI=1S/C26H22ClF3N2O4/c1-14-9-18(10-15(2)21(14)12-31)25(34,26(28,29)30)16(3)20-7-6-19(11-22(20)27)36-23-8-5-17(13-32-23)24(33)35-4/h5-11,13,16,34H,1-4H3/t16-,25-/m0/s1. The van der Waals surface area contributed by atoms with Gasteiger partial charge in [0.2, 0.25) is 5.88 Å². The Morgan fingerprint density at radius 3 is 2.25 bits per heavy atom. The van der Waals surface area contributed by atoms with Crippen LogP contribution >= 0.6 is 11.6 Å². The third kappa shape index (κ3) is 5.01. The minimum absolute atomic E-state index is 0.0394. The first-order valence-electron chi connectivity index (χ1n) is 10.7. The maximum atomic E-state index is 14.4. The number of nitrogens with zero attached hydrogens (tertiary/aromatic N) is 2. The van der Waals surface area contributed by atoms with Gasteiger partial charge in [0.25, 0.3) is 0 Å². The van der Waals surface area contributed by atoms with Crippen molar-refractivity contribution in [2.24, 2.45) is 0 Å². The van der Waals surface area contributed by atoms with E-state index < -0.39 is 23.7 Å². The number of esters is 1. The lowest BCUT2D eigenvalue weighted by Crippen LogP contribution is -2.46. The molecule has 3 aromatic rings. The Hall–Kier alpha value is -3.61. The van der Waals surface area contributed by atoms with E-state index in [4.69, 9.17) is 16.3 Å². The molecule has 0 saturated heterocycles. The molecule has 0 amide bonds. The fraction of sp³-hybridized carbons (Fsp3) is 0.269. The second-order valence-electron chi connectivity index (χ2n) is 8.24. The Morgan fingerprint density at radius 1 is 1.14 bits per heavy atom. The van der Waals surface area contributed by atoms with Crippen LogP contribution in [0.2, 0.25) is 5.02 Å². The minimum atomic E-state index is -5.05. The van der Waals surface area contributed by atoms with E-state index in [0.29, 0.717) is 11.1 Å². The van der Waals surface area contributed by atoms with E-state index in [1.165, 1.54) is 76.5 Å². The highest BCUT2D eigenvalue weighted by Crippen LogP contribution is 2.50. The van der Waals surface area contributed by atoms with Gasteiger partial charge in [-0.2, -0.15) is 18.4 Å². The molecule has 2 atom stereocenters. The largest absolute Gasteiger partial charge is 0.465 e. The predicted octanol–water partition coefficient (Wildman–Crippen LogP) is 6.36. The Morgan fingerprint density at radius 2 is 1.78 bits per heavy atom. The van der Waals surface area contributed by atoms with Crippen LogP contribution in [0.1, 0.15) is 51.0 Å². The van der Waals surface area contributed by atoms with Crippen molar-refractivity contribution >= 4 is 17.6 Å². The summed E-state index contributed by atoms with van der Waals surface area (Å²) in [6.45, 7) is 4.26. The second-order valence-corrected chi connectivity index (χ2v) is 8.65. The predicted molar refractivity (Wildman–Crippen MR) is 126 cm³/mol. The Bertz CT molecular complexity index is 1310. The smallest absolute Gasteiger partial charge is 0.422 e. The van der Waals surface area contributed by atoms with Crippen LogP contribution < -0.4 is 4.74 Å². The second kappa shape index (κ2) is 10.2. The number of benzene rings is 2. The number of aliphatic hydroxyl groups is 1. The molecule has 0 aliphatic rings. The van der Waals surface area contributed by atoms with Gasteiger partial charge in [-0.05, 0) is 54.3 Å². The third-order valence-corrected chi connectivity index (χ3v) is 6.29. The fourth-order valence-corrected chi connectivity index (χ4v) is 4.30. The molecule has 1 N–H and O–H groups in total. The Balaban J connectivity index is 1.97. The van der Waals surface area contributed by atoms with Crippen LogP contribution in [0.5, 0.6) is 11.6 Å². The zero-order chi connectivity index (χ0) is 26.8. The third-order valence-electron chi connectivity index (χ3n) is 5.96. The van der Waals surface area contributed by atoms with E-state index in [1.807, 2.05) is 6.07 Å². The van der Waals surface area contributed by atoms with Crippen molar-refractivity contribution < 1.29 is 32.5 Å². The summed E-state index contributed by atoms with van der Waals surface area (Å²) in [6.07, 6.45) is -3.80. The van der Waals surface area contributed by atoms with E-state index in [0.717, 1.165) is 0 Å². The van der Waals surface area contributed by atoms with Crippen molar-refractivity contribution in [1.29, 1.82) is 5.26 Å². The molecule has 0 aliphatic carbocycles. The summed E-state index contributed by atoms with van der Waals surface area (Å²) in [5.74, 6) is -1.77. The first-order valence-corrected chi connectivity index (χ1v) is 11.0. The molecule has 36 heavy (non-hydrogen) atoms. The normalized spacial score (nSPS) is 13.9. The zero-order valence-corrected chi connectivity index (χ0v) is 20.5. The van der Waals surface area contributed by atoms with Crippen LogP contribution in [0.3, 0.4) is 0 Å². The molecule has 0 aliphatic heterocycles. The van der Waals surface area contributed by atoms with Gasteiger partial charge in [0.15, 0.2) is 5.60 Å². The highest BCUT2D eigenvalue weighted by atomic mass is 35.5. The van der Waals surface area contributed by atoms with Crippen molar-refractivity contribution in [3.8, 4) is 17.7 Å². The first-order chi connectivity index (χ1) is 16.8. The van der Waals surface area contributed by atoms with Crippen LogP contribution in [-0.4, -0.2) is 29.3 Å². The maximum absolute atomic E-state index is 14.4. The maximum Gasteiger partial charge on any atom is 0.422 e. The number of pyridine rings is 1. The lowest BCUT2D eigenvalue weighted by molar-refractivity contribution is -0.274. The summed E-state index contributed by atoms with van der Waals surface area (Å²) in [4.78, 5) is 15.5. The molecule has 2 aromatic carbocycles. The van der Waals surface area contributed by atoms with E-state index in [9.17, 15) is 28.3 Å². The molecule has 3 rings (SSSR count). The molecule has 0 saturated carbocycles. The molecule has 1 aromatic heterocycles. The summed E-state index contributed by atoms with van der Waals surface area (Å²) >= 11 is 6.35. The van der Waals surface area contributed by atoms with Gasteiger partial charge in [0.1, 0.15) is 5.75 Å². The number of rotatable bonds is 6. The topological polar surface area (TPSA) is 92.4 Å². The van der Waals surface area contributed by atoms with Crippen molar-refractivity contribution in [2.45, 2.75) is 38.5 Å². The minimum Gasteiger partial charge on any atom is -0.465 e. The van der Waals surface area contributed by atoms with Crippen molar-refractivity contribution in [1.82, 2.24) is 4.98 Å². The first kappa shape index (κ1) is 27.0. The Labute approximate surface area is 210 Å². The van der Waals surface area contributed by atoms with Gasteiger partial charge in [-0.3, -0.25) is 0 Å². The number of carbonyl (C=O) groups excluding carboxylic acids is 1. The molecule has 10 heteroatoms. The number of hydrogen-bond acceptors (Lipinski definition) is 6. The summed E-state index contributed by atoms with van der Waals surface area (Å²) in [7, 11) is 1.24. The van der Waals surface area contributed by atoms with E-state index in [2.05, 4.69) is 9.72 Å². The molecule has 0 radical (unpaired) electrons. The lowest BCUT2D eigenvalue weighted by atomic mass is 9.76. The lowest BCUT2D eigenvalue weighted by Gasteiger charge is -2.37. The Kier molecular flexibility index (Phi) is 7.62. The average Bonchev–Trinajstić information content (AvgIpc) is 2.82.